The Morgan fingerprint density at radius 2 is 1.64 bits per heavy atom. The third kappa shape index (κ3) is 6.38. The van der Waals surface area contributed by atoms with Crippen molar-refractivity contribution < 1.29 is 9.53 Å². The second kappa shape index (κ2) is 10.3. The predicted molar refractivity (Wildman–Crippen MR) is 114 cm³/mol. The molecule has 0 bridgehead atoms. The first-order valence-corrected chi connectivity index (χ1v) is 10.4. The van der Waals surface area contributed by atoms with Crippen LogP contribution in [-0.4, -0.2) is 36.5 Å². The SMILES string of the molecule is Cc1ccc(OC[C@H](C)NC(=O)c2ccc(CN3CCCCCC3)cc2)cc1. The van der Waals surface area contributed by atoms with Crippen molar-refractivity contribution >= 4 is 5.91 Å². The molecule has 1 N–H and O–H groups in total. The number of amides is 1. The fraction of sp³-hybridized carbons (Fsp3) is 0.458. The Labute approximate surface area is 168 Å². The maximum atomic E-state index is 12.5. The zero-order valence-electron chi connectivity index (χ0n) is 17.1. The van der Waals surface area contributed by atoms with Crippen molar-refractivity contribution in [1.29, 1.82) is 0 Å². The molecule has 1 aliphatic rings. The van der Waals surface area contributed by atoms with Crippen LogP contribution in [-0.2, 0) is 6.54 Å². The smallest absolute Gasteiger partial charge is 0.251 e. The molecule has 0 radical (unpaired) electrons. The van der Waals surface area contributed by atoms with Gasteiger partial charge in [-0.3, -0.25) is 9.69 Å². The van der Waals surface area contributed by atoms with Gasteiger partial charge in [0.25, 0.3) is 5.91 Å². The Morgan fingerprint density at radius 3 is 2.29 bits per heavy atom. The average molecular weight is 381 g/mol. The van der Waals surface area contributed by atoms with Crippen molar-refractivity contribution in [2.75, 3.05) is 19.7 Å². The number of ether oxygens (including phenoxy) is 1. The van der Waals surface area contributed by atoms with Gasteiger partial charge in [0.2, 0.25) is 0 Å². The van der Waals surface area contributed by atoms with Gasteiger partial charge in [-0.2, -0.15) is 0 Å². The number of likely N-dealkylation sites (tertiary alicyclic amines) is 1. The molecule has 1 fully saturated rings. The molecule has 1 aliphatic heterocycles. The summed E-state index contributed by atoms with van der Waals surface area (Å²) >= 11 is 0. The van der Waals surface area contributed by atoms with Crippen molar-refractivity contribution in [2.24, 2.45) is 0 Å². The summed E-state index contributed by atoms with van der Waals surface area (Å²) in [5, 5.41) is 3.01. The Bertz CT molecular complexity index is 732. The second-order valence-corrected chi connectivity index (χ2v) is 7.89. The fourth-order valence-electron chi connectivity index (χ4n) is 3.52. The first-order valence-electron chi connectivity index (χ1n) is 10.4. The van der Waals surface area contributed by atoms with E-state index < -0.39 is 0 Å². The highest BCUT2D eigenvalue weighted by Crippen LogP contribution is 2.14. The zero-order chi connectivity index (χ0) is 19.8. The number of hydrogen-bond donors (Lipinski definition) is 1. The van der Waals surface area contributed by atoms with Crippen molar-refractivity contribution in [2.45, 2.75) is 52.1 Å². The largest absolute Gasteiger partial charge is 0.491 e. The molecule has 1 atom stereocenters. The summed E-state index contributed by atoms with van der Waals surface area (Å²) < 4.78 is 5.75. The van der Waals surface area contributed by atoms with Crippen LogP contribution >= 0.6 is 0 Å². The van der Waals surface area contributed by atoms with Gasteiger partial charge in [-0.1, -0.05) is 42.7 Å². The van der Waals surface area contributed by atoms with Gasteiger partial charge in [-0.05, 0) is 69.6 Å². The predicted octanol–water partition coefficient (Wildman–Crippen LogP) is 4.57. The lowest BCUT2D eigenvalue weighted by Gasteiger charge is -2.20. The Kier molecular flexibility index (Phi) is 7.49. The molecule has 0 aromatic heterocycles. The van der Waals surface area contributed by atoms with E-state index in [1.807, 2.05) is 50.2 Å². The molecule has 4 heteroatoms. The zero-order valence-corrected chi connectivity index (χ0v) is 17.1. The highest BCUT2D eigenvalue weighted by atomic mass is 16.5. The van der Waals surface area contributed by atoms with Crippen LogP contribution in [0.25, 0.3) is 0 Å². The van der Waals surface area contributed by atoms with Gasteiger partial charge in [-0.15, -0.1) is 0 Å². The van der Waals surface area contributed by atoms with E-state index in [9.17, 15) is 4.79 Å². The topological polar surface area (TPSA) is 41.6 Å². The van der Waals surface area contributed by atoms with Crippen LogP contribution in [0.4, 0.5) is 0 Å². The van der Waals surface area contributed by atoms with E-state index in [4.69, 9.17) is 4.74 Å². The molecular formula is C24H32N2O2. The first kappa shape index (κ1) is 20.4. The summed E-state index contributed by atoms with van der Waals surface area (Å²) in [5.74, 6) is 0.769. The lowest BCUT2D eigenvalue weighted by Crippen LogP contribution is -2.36. The standard InChI is InChI=1S/C24H32N2O2/c1-19-7-13-23(14-8-19)28-18-20(2)25-24(27)22-11-9-21(10-12-22)17-26-15-5-3-4-6-16-26/h7-14,20H,3-6,15-18H2,1-2H3,(H,25,27)/t20-/m0/s1. The molecule has 1 saturated heterocycles. The maximum Gasteiger partial charge on any atom is 0.251 e. The first-order chi connectivity index (χ1) is 13.6. The van der Waals surface area contributed by atoms with Crippen molar-refractivity contribution in [1.82, 2.24) is 10.2 Å². The number of nitrogens with one attached hydrogen (secondary N) is 1. The number of carbonyl (C=O) groups excluding carboxylic acids is 1. The summed E-state index contributed by atoms with van der Waals surface area (Å²) in [6, 6.07) is 15.9. The Balaban J connectivity index is 1.46. The van der Waals surface area contributed by atoms with Gasteiger partial charge in [0.15, 0.2) is 0 Å². The van der Waals surface area contributed by atoms with Crippen molar-refractivity contribution in [3.05, 3.63) is 65.2 Å². The molecule has 4 nitrogen and oxygen atoms in total. The Morgan fingerprint density at radius 1 is 1.00 bits per heavy atom. The molecule has 28 heavy (non-hydrogen) atoms. The van der Waals surface area contributed by atoms with E-state index in [0.29, 0.717) is 12.2 Å². The van der Waals surface area contributed by atoms with Crippen LogP contribution in [0.15, 0.2) is 48.5 Å². The number of rotatable bonds is 7. The molecule has 0 spiro atoms. The molecular weight excluding hydrogens is 348 g/mol. The summed E-state index contributed by atoms with van der Waals surface area (Å²) in [4.78, 5) is 15.0. The molecule has 0 unspecified atom stereocenters. The van der Waals surface area contributed by atoms with E-state index in [-0.39, 0.29) is 11.9 Å². The minimum Gasteiger partial charge on any atom is -0.491 e. The third-order valence-electron chi connectivity index (χ3n) is 5.22. The maximum absolute atomic E-state index is 12.5. The quantitative estimate of drug-likeness (QED) is 0.765. The summed E-state index contributed by atoms with van der Waals surface area (Å²) in [7, 11) is 0. The monoisotopic (exact) mass is 380 g/mol. The number of carbonyl (C=O) groups is 1. The number of aryl methyl sites for hydroxylation is 1. The van der Waals surface area contributed by atoms with Crippen LogP contribution in [0, 0.1) is 6.92 Å². The molecule has 3 rings (SSSR count). The highest BCUT2D eigenvalue weighted by Gasteiger charge is 2.12. The minimum atomic E-state index is -0.0643. The Hall–Kier alpha value is -2.33. The number of benzene rings is 2. The molecule has 0 saturated carbocycles. The number of hydrogen-bond acceptors (Lipinski definition) is 3. The van der Waals surface area contributed by atoms with Gasteiger partial charge in [-0.25, -0.2) is 0 Å². The van der Waals surface area contributed by atoms with Crippen LogP contribution in [0.2, 0.25) is 0 Å². The van der Waals surface area contributed by atoms with Crippen LogP contribution < -0.4 is 10.1 Å². The van der Waals surface area contributed by atoms with Gasteiger partial charge >= 0.3 is 0 Å². The second-order valence-electron chi connectivity index (χ2n) is 7.89. The number of nitrogens with zero attached hydrogens (tertiary/aromatic N) is 1. The van der Waals surface area contributed by atoms with E-state index in [2.05, 4.69) is 22.3 Å². The summed E-state index contributed by atoms with van der Waals surface area (Å²) in [5.41, 5.74) is 3.17. The lowest BCUT2D eigenvalue weighted by atomic mass is 10.1. The minimum absolute atomic E-state index is 0.0543. The van der Waals surface area contributed by atoms with E-state index in [0.717, 1.165) is 12.3 Å². The van der Waals surface area contributed by atoms with E-state index >= 15 is 0 Å². The molecule has 1 heterocycles. The molecule has 2 aromatic carbocycles. The van der Waals surface area contributed by atoms with Gasteiger partial charge < -0.3 is 10.1 Å². The van der Waals surface area contributed by atoms with Gasteiger partial charge in [0.1, 0.15) is 12.4 Å². The van der Waals surface area contributed by atoms with E-state index in [1.54, 1.807) is 0 Å². The fourth-order valence-corrected chi connectivity index (χ4v) is 3.52. The van der Waals surface area contributed by atoms with Gasteiger partial charge in [0.05, 0.1) is 6.04 Å². The van der Waals surface area contributed by atoms with Gasteiger partial charge in [0, 0.05) is 12.1 Å². The molecule has 0 aliphatic carbocycles. The van der Waals surface area contributed by atoms with Crippen LogP contribution in [0.1, 0.15) is 54.1 Å². The molecule has 1 amide bonds. The van der Waals surface area contributed by atoms with E-state index in [1.165, 1.54) is 49.9 Å². The highest BCUT2D eigenvalue weighted by molar-refractivity contribution is 5.94. The van der Waals surface area contributed by atoms with Crippen LogP contribution in [0.3, 0.4) is 0 Å². The summed E-state index contributed by atoms with van der Waals surface area (Å²) in [6.45, 7) is 7.79. The average Bonchev–Trinajstić information content (AvgIpc) is 2.97. The lowest BCUT2D eigenvalue weighted by molar-refractivity contribution is 0.0926. The normalized spacial score (nSPS) is 16.2. The molecule has 150 valence electrons. The van der Waals surface area contributed by atoms with Crippen molar-refractivity contribution in [3.63, 3.8) is 0 Å². The molecule has 2 aromatic rings. The van der Waals surface area contributed by atoms with Crippen molar-refractivity contribution in [3.8, 4) is 5.75 Å². The third-order valence-corrected chi connectivity index (χ3v) is 5.22. The van der Waals surface area contributed by atoms with Crippen LogP contribution in [0.5, 0.6) is 5.75 Å². The summed E-state index contributed by atoms with van der Waals surface area (Å²) in [6.07, 6.45) is 5.29.